The Morgan fingerprint density at radius 2 is 2.15 bits per heavy atom. The van der Waals surface area contributed by atoms with Crippen molar-refractivity contribution in [2.75, 3.05) is 13.2 Å². The van der Waals surface area contributed by atoms with Crippen molar-refractivity contribution in [1.82, 2.24) is 4.90 Å². The zero-order valence-electron chi connectivity index (χ0n) is 11.5. The van der Waals surface area contributed by atoms with Gasteiger partial charge in [0.15, 0.2) is 6.61 Å². The van der Waals surface area contributed by atoms with Crippen LogP contribution >= 0.6 is 0 Å². The van der Waals surface area contributed by atoms with Crippen molar-refractivity contribution in [3.05, 3.63) is 29.8 Å². The number of ether oxygens (including phenoxy) is 1. The molecular weight excluding hydrogens is 258 g/mol. The van der Waals surface area contributed by atoms with Gasteiger partial charge in [-0.15, -0.1) is 0 Å². The molecule has 0 radical (unpaired) electrons. The molecule has 1 aliphatic carbocycles. The molecule has 108 valence electrons. The van der Waals surface area contributed by atoms with Crippen molar-refractivity contribution < 1.29 is 19.4 Å². The molecule has 1 aliphatic rings. The summed E-state index contributed by atoms with van der Waals surface area (Å²) in [5.41, 5.74) is 0.664. The minimum atomic E-state index is -0.885. The van der Waals surface area contributed by atoms with Gasteiger partial charge in [0.05, 0.1) is 6.42 Å². The number of amides is 1. The van der Waals surface area contributed by atoms with E-state index >= 15 is 0 Å². The quantitative estimate of drug-likeness (QED) is 0.823. The van der Waals surface area contributed by atoms with Gasteiger partial charge in [-0.1, -0.05) is 12.1 Å². The van der Waals surface area contributed by atoms with E-state index < -0.39 is 5.97 Å². The molecular formula is C15H19NO4. The molecule has 0 unspecified atom stereocenters. The summed E-state index contributed by atoms with van der Waals surface area (Å²) < 4.78 is 5.47. The highest BCUT2D eigenvalue weighted by atomic mass is 16.5. The predicted octanol–water partition coefficient (Wildman–Crippen LogP) is 1.70. The molecule has 1 N–H and O–H groups in total. The Labute approximate surface area is 118 Å². The number of hydrogen-bond acceptors (Lipinski definition) is 3. The molecule has 1 amide bonds. The SMILES string of the molecule is CCN(C(=O)COc1cccc(CC(=O)O)c1)C1CC1. The summed E-state index contributed by atoms with van der Waals surface area (Å²) in [6, 6.07) is 7.23. The molecule has 0 aliphatic heterocycles. The van der Waals surface area contributed by atoms with Gasteiger partial charge in [-0.2, -0.15) is 0 Å². The van der Waals surface area contributed by atoms with Crippen LogP contribution in [0.4, 0.5) is 0 Å². The molecule has 5 nitrogen and oxygen atoms in total. The van der Waals surface area contributed by atoms with Crippen molar-refractivity contribution >= 4 is 11.9 Å². The van der Waals surface area contributed by atoms with E-state index in [1.807, 2.05) is 11.8 Å². The van der Waals surface area contributed by atoms with E-state index in [4.69, 9.17) is 9.84 Å². The van der Waals surface area contributed by atoms with Crippen LogP contribution < -0.4 is 4.74 Å². The third kappa shape index (κ3) is 3.98. The van der Waals surface area contributed by atoms with Crippen molar-refractivity contribution in [3.8, 4) is 5.75 Å². The maximum atomic E-state index is 12.0. The summed E-state index contributed by atoms with van der Waals surface area (Å²) in [7, 11) is 0. The average molecular weight is 277 g/mol. The molecule has 0 atom stereocenters. The van der Waals surface area contributed by atoms with Gasteiger partial charge >= 0.3 is 5.97 Å². The first kappa shape index (κ1) is 14.4. The van der Waals surface area contributed by atoms with E-state index in [-0.39, 0.29) is 18.9 Å². The lowest BCUT2D eigenvalue weighted by molar-refractivity contribution is -0.136. The average Bonchev–Trinajstić information content (AvgIpc) is 3.21. The molecule has 1 aromatic rings. The second kappa shape index (κ2) is 6.41. The molecule has 0 bridgehead atoms. The Morgan fingerprint density at radius 1 is 1.40 bits per heavy atom. The normalized spacial score (nSPS) is 13.8. The number of carbonyl (C=O) groups excluding carboxylic acids is 1. The van der Waals surface area contributed by atoms with Crippen LogP contribution in [-0.2, 0) is 16.0 Å². The zero-order chi connectivity index (χ0) is 14.5. The molecule has 1 aromatic carbocycles. The molecule has 20 heavy (non-hydrogen) atoms. The van der Waals surface area contributed by atoms with Crippen LogP contribution in [0.3, 0.4) is 0 Å². The van der Waals surface area contributed by atoms with E-state index in [9.17, 15) is 9.59 Å². The van der Waals surface area contributed by atoms with E-state index in [0.29, 0.717) is 23.9 Å². The third-order valence-corrected chi connectivity index (χ3v) is 3.26. The molecule has 0 aromatic heterocycles. The molecule has 0 spiro atoms. The van der Waals surface area contributed by atoms with Gasteiger partial charge in [-0.05, 0) is 37.5 Å². The van der Waals surface area contributed by atoms with Gasteiger partial charge in [0.2, 0.25) is 0 Å². The second-order valence-electron chi connectivity index (χ2n) is 4.92. The zero-order valence-corrected chi connectivity index (χ0v) is 11.5. The van der Waals surface area contributed by atoms with Gasteiger partial charge < -0.3 is 14.7 Å². The van der Waals surface area contributed by atoms with Crippen LogP contribution in [0.15, 0.2) is 24.3 Å². The van der Waals surface area contributed by atoms with Crippen molar-refractivity contribution in [1.29, 1.82) is 0 Å². The highest BCUT2D eigenvalue weighted by Gasteiger charge is 2.31. The summed E-state index contributed by atoms with van der Waals surface area (Å²) in [5, 5.41) is 8.75. The summed E-state index contributed by atoms with van der Waals surface area (Å²) in [4.78, 5) is 24.5. The lowest BCUT2D eigenvalue weighted by Gasteiger charge is -2.20. The Bertz CT molecular complexity index is 496. The minimum Gasteiger partial charge on any atom is -0.484 e. The van der Waals surface area contributed by atoms with Gasteiger partial charge in [0.25, 0.3) is 5.91 Å². The number of carboxylic acids is 1. The number of aliphatic carboxylic acids is 1. The predicted molar refractivity (Wildman–Crippen MR) is 73.7 cm³/mol. The largest absolute Gasteiger partial charge is 0.484 e. The number of carbonyl (C=O) groups is 2. The Balaban J connectivity index is 1.89. The fourth-order valence-electron chi connectivity index (χ4n) is 2.17. The molecule has 0 heterocycles. The fourth-order valence-corrected chi connectivity index (χ4v) is 2.17. The fraction of sp³-hybridized carbons (Fsp3) is 0.467. The Hall–Kier alpha value is -2.04. The van der Waals surface area contributed by atoms with Gasteiger partial charge in [0, 0.05) is 12.6 Å². The number of likely N-dealkylation sites (N-methyl/N-ethyl adjacent to an activating group) is 1. The van der Waals surface area contributed by atoms with Gasteiger partial charge in [-0.25, -0.2) is 0 Å². The second-order valence-corrected chi connectivity index (χ2v) is 4.92. The maximum Gasteiger partial charge on any atom is 0.307 e. The monoisotopic (exact) mass is 277 g/mol. The van der Waals surface area contributed by atoms with Gasteiger partial charge in [-0.3, -0.25) is 9.59 Å². The van der Waals surface area contributed by atoms with Crippen molar-refractivity contribution in [2.45, 2.75) is 32.2 Å². The number of hydrogen-bond donors (Lipinski definition) is 1. The molecule has 5 heteroatoms. The Kier molecular flexibility index (Phi) is 4.61. The number of nitrogens with zero attached hydrogens (tertiary/aromatic N) is 1. The first-order valence-electron chi connectivity index (χ1n) is 6.83. The highest BCUT2D eigenvalue weighted by Crippen LogP contribution is 2.26. The summed E-state index contributed by atoms with van der Waals surface area (Å²) in [6.07, 6.45) is 2.11. The van der Waals surface area contributed by atoms with Crippen molar-refractivity contribution in [3.63, 3.8) is 0 Å². The lowest BCUT2D eigenvalue weighted by Crippen LogP contribution is -2.36. The number of rotatable bonds is 7. The maximum absolute atomic E-state index is 12.0. The number of benzene rings is 1. The topological polar surface area (TPSA) is 66.8 Å². The van der Waals surface area contributed by atoms with Gasteiger partial charge in [0.1, 0.15) is 5.75 Å². The van der Waals surface area contributed by atoms with E-state index in [1.54, 1.807) is 24.3 Å². The van der Waals surface area contributed by atoms with Crippen LogP contribution in [0.5, 0.6) is 5.75 Å². The molecule has 1 saturated carbocycles. The van der Waals surface area contributed by atoms with Crippen molar-refractivity contribution in [2.24, 2.45) is 0 Å². The summed E-state index contributed by atoms with van der Waals surface area (Å²) >= 11 is 0. The van der Waals surface area contributed by atoms with Crippen LogP contribution in [0, 0.1) is 0 Å². The molecule has 2 rings (SSSR count). The van der Waals surface area contributed by atoms with Crippen LogP contribution in [0.2, 0.25) is 0 Å². The molecule has 1 fully saturated rings. The first-order valence-corrected chi connectivity index (χ1v) is 6.83. The summed E-state index contributed by atoms with van der Waals surface area (Å²) in [5.74, 6) is -0.369. The third-order valence-electron chi connectivity index (χ3n) is 3.26. The minimum absolute atomic E-state index is 0.000858. The lowest BCUT2D eigenvalue weighted by atomic mass is 10.1. The Morgan fingerprint density at radius 3 is 2.75 bits per heavy atom. The van der Waals surface area contributed by atoms with E-state index in [2.05, 4.69) is 0 Å². The first-order chi connectivity index (χ1) is 9.60. The molecule has 0 saturated heterocycles. The van der Waals surface area contributed by atoms with Crippen LogP contribution in [0.25, 0.3) is 0 Å². The highest BCUT2D eigenvalue weighted by molar-refractivity contribution is 5.78. The van der Waals surface area contributed by atoms with E-state index in [1.165, 1.54) is 0 Å². The van der Waals surface area contributed by atoms with Crippen LogP contribution in [0.1, 0.15) is 25.3 Å². The standard InChI is InChI=1S/C15H19NO4/c1-2-16(12-6-7-12)14(17)10-20-13-5-3-4-11(8-13)9-15(18)19/h3-5,8,12H,2,6-7,9-10H2,1H3,(H,18,19). The summed E-state index contributed by atoms with van der Waals surface area (Å²) in [6.45, 7) is 2.66. The number of carboxylic acid groups (broad SMARTS) is 1. The van der Waals surface area contributed by atoms with Crippen LogP contribution in [-0.4, -0.2) is 41.1 Å². The van der Waals surface area contributed by atoms with E-state index in [0.717, 1.165) is 12.8 Å². The smallest absolute Gasteiger partial charge is 0.307 e.